The van der Waals surface area contributed by atoms with Crippen molar-refractivity contribution in [2.24, 2.45) is 0 Å². The van der Waals surface area contributed by atoms with Gasteiger partial charge < -0.3 is 9.88 Å². The molecule has 25 heavy (non-hydrogen) atoms. The SMILES string of the molecule is Cc1ccc2nc(C3CCN(C(=O)c4ccc(Cl)cc4)CC3)[nH]c2c1. The van der Waals surface area contributed by atoms with E-state index in [-0.39, 0.29) is 5.91 Å². The number of aryl methyl sites for hydroxylation is 1. The van der Waals surface area contributed by atoms with Gasteiger partial charge in [-0.1, -0.05) is 17.7 Å². The predicted octanol–water partition coefficient (Wildman–Crippen LogP) is 4.54. The Kier molecular flexibility index (Phi) is 4.22. The number of hydrogen-bond acceptors (Lipinski definition) is 2. The van der Waals surface area contributed by atoms with Crippen molar-refractivity contribution in [1.29, 1.82) is 0 Å². The molecule has 1 fully saturated rings. The van der Waals surface area contributed by atoms with Crippen molar-refractivity contribution >= 4 is 28.5 Å². The van der Waals surface area contributed by atoms with Crippen LogP contribution in [0.5, 0.6) is 0 Å². The minimum atomic E-state index is 0.0790. The normalized spacial score (nSPS) is 15.7. The van der Waals surface area contributed by atoms with Gasteiger partial charge in [-0.3, -0.25) is 4.79 Å². The smallest absolute Gasteiger partial charge is 0.253 e. The first-order valence-corrected chi connectivity index (χ1v) is 8.99. The molecule has 2 heterocycles. The highest BCUT2D eigenvalue weighted by atomic mass is 35.5. The Bertz CT molecular complexity index is 908. The van der Waals surface area contributed by atoms with Crippen LogP contribution in [0.2, 0.25) is 5.02 Å². The Morgan fingerprint density at radius 2 is 1.88 bits per heavy atom. The van der Waals surface area contributed by atoms with Crippen molar-refractivity contribution in [3.63, 3.8) is 0 Å². The molecule has 3 aromatic rings. The second-order valence-corrected chi connectivity index (χ2v) is 7.15. The van der Waals surface area contributed by atoms with E-state index in [1.54, 1.807) is 24.3 Å². The summed E-state index contributed by atoms with van der Waals surface area (Å²) in [5.41, 5.74) is 4.03. The molecular formula is C20H20ClN3O. The number of carbonyl (C=O) groups is 1. The lowest BCUT2D eigenvalue weighted by Gasteiger charge is -2.31. The third-order valence-corrected chi connectivity index (χ3v) is 5.17. The molecular weight excluding hydrogens is 334 g/mol. The molecule has 0 bridgehead atoms. The molecule has 0 spiro atoms. The number of carbonyl (C=O) groups excluding carboxylic acids is 1. The number of imidazole rings is 1. The maximum absolute atomic E-state index is 12.6. The number of amides is 1. The highest BCUT2D eigenvalue weighted by Crippen LogP contribution is 2.28. The molecule has 0 unspecified atom stereocenters. The Morgan fingerprint density at radius 3 is 2.60 bits per heavy atom. The number of aromatic amines is 1. The number of nitrogens with zero attached hydrogens (tertiary/aromatic N) is 2. The highest BCUT2D eigenvalue weighted by molar-refractivity contribution is 6.30. The van der Waals surface area contributed by atoms with Crippen molar-refractivity contribution in [1.82, 2.24) is 14.9 Å². The van der Waals surface area contributed by atoms with Crippen LogP contribution in [0, 0.1) is 6.92 Å². The molecule has 0 atom stereocenters. The van der Waals surface area contributed by atoms with Gasteiger partial charge in [-0.2, -0.15) is 0 Å². The molecule has 1 aliphatic rings. The fraction of sp³-hybridized carbons (Fsp3) is 0.300. The van der Waals surface area contributed by atoms with Gasteiger partial charge in [0, 0.05) is 29.6 Å². The van der Waals surface area contributed by atoms with Gasteiger partial charge in [-0.05, 0) is 61.7 Å². The summed E-state index contributed by atoms with van der Waals surface area (Å²) in [5, 5.41) is 0.649. The third kappa shape index (κ3) is 3.27. The van der Waals surface area contributed by atoms with Crippen LogP contribution in [0.25, 0.3) is 11.0 Å². The van der Waals surface area contributed by atoms with Crippen molar-refractivity contribution in [2.45, 2.75) is 25.7 Å². The maximum Gasteiger partial charge on any atom is 0.253 e. The van der Waals surface area contributed by atoms with Crippen LogP contribution >= 0.6 is 11.6 Å². The molecule has 1 aromatic heterocycles. The number of piperidine rings is 1. The van der Waals surface area contributed by atoms with Crippen molar-refractivity contribution in [3.8, 4) is 0 Å². The van der Waals surface area contributed by atoms with E-state index in [9.17, 15) is 4.79 Å². The zero-order valence-electron chi connectivity index (χ0n) is 14.1. The fourth-order valence-corrected chi connectivity index (χ4v) is 3.59. The molecule has 1 aliphatic heterocycles. The lowest BCUT2D eigenvalue weighted by molar-refractivity contribution is 0.0711. The minimum Gasteiger partial charge on any atom is -0.342 e. The van der Waals surface area contributed by atoms with Gasteiger partial charge in [0.2, 0.25) is 0 Å². The zero-order chi connectivity index (χ0) is 17.4. The van der Waals surface area contributed by atoms with Crippen LogP contribution in [0.4, 0.5) is 0 Å². The summed E-state index contributed by atoms with van der Waals surface area (Å²) in [6, 6.07) is 13.4. The van der Waals surface area contributed by atoms with E-state index in [1.807, 2.05) is 4.90 Å². The number of fused-ring (bicyclic) bond motifs is 1. The molecule has 4 nitrogen and oxygen atoms in total. The summed E-state index contributed by atoms with van der Waals surface area (Å²) in [7, 11) is 0. The van der Waals surface area contributed by atoms with E-state index in [1.165, 1.54) is 5.56 Å². The number of aromatic nitrogens is 2. The average molecular weight is 354 g/mol. The topological polar surface area (TPSA) is 49.0 Å². The number of nitrogens with one attached hydrogen (secondary N) is 1. The van der Waals surface area contributed by atoms with E-state index in [4.69, 9.17) is 16.6 Å². The number of halogens is 1. The number of benzene rings is 2. The van der Waals surface area contributed by atoms with Gasteiger partial charge in [0.05, 0.1) is 11.0 Å². The molecule has 0 saturated carbocycles. The summed E-state index contributed by atoms with van der Waals surface area (Å²) in [5.74, 6) is 1.50. The largest absolute Gasteiger partial charge is 0.342 e. The van der Waals surface area contributed by atoms with Gasteiger partial charge in [-0.25, -0.2) is 4.98 Å². The summed E-state index contributed by atoms with van der Waals surface area (Å²) in [4.78, 5) is 22.7. The Labute approximate surface area is 151 Å². The number of H-pyrrole nitrogens is 1. The van der Waals surface area contributed by atoms with Crippen LogP contribution in [-0.4, -0.2) is 33.9 Å². The molecule has 128 valence electrons. The van der Waals surface area contributed by atoms with Crippen molar-refractivity contribution < 1.29 is 4.79 Å². The first-order valence-electron chi connectivity index (χ1n) is 8.61. The summed E-state index contributed by atoms with van der Waals surface area (Å²) in [6.07, 6.45) is 1.86. The molecule has 1 saturated heterocycles. The van der Waals surface area contributed by atoms with Crippen LogP contribution in [0.1, 0.15) is 40.5 Å². The number of rotatable bonds is 2. The molecule has 4 rings (SSSR count). The van der Waals surface area contributed by atoms with E-state index >= 15 is 0 Å². The van der Waals surface area contributed by atoms with Gasteiger partial charge in [0.25, 0.3) is 5.91 Å². The lowest BCUT2D eigenvalue weighted by atomic mass is 9.95. The Balaban J connectivity index is 1.45. The van der Waals surface area contributed by atoms with Crippen LogP contribution in [0.15, 0.2) is 42.5 Å². The standard InChI is InChI=1S/C20H20ClN3O/c1-13-2-7-17-18(12-13)23-19(22-17)14-8-10-24(11-9-14)20(25)15-3-5-16(21)6-4-15/h2-7,12,14H,8-11H2,1H3,(H,22,23). The van der Waals surface area contributed by atoms with E-state index < -0.39 is 0 Å². The van der Waals surface area contributed by atoms with Gasteiger partial charge in [-0.15, -0.1) is 0 Å². The predicted molar refractivity (Wildman–Crippen MR) is 100 cm³/mol. The Morgan fingerprint density at radius 1 is 1.16 bits per heavy atom. The summed E-state index contributed by atoms with van der Waals surface area (Å²) < 4.78 is 0. The van der Waals surface area contributed by atoms with Crippen LogP contribution in [-0.2, 0) is 0 Å². The van der Waals surface area contributed by atoms with E-state index in [0.29, 0.717) is 16.5 Å². The summed E-state index contributed by atoms with van der Waals surface area (Å²) >= 11 is 5.90. The quantitative estimate of drug-likeness (QED) is 0.735. The third-order valence-electron chi connectivity index (χ3n) is 4.92. The van der Waals surface area contributed by atoms with Gasteiger partial charge in [0.15, 0.2) is 0 Å². The Hall–Kier alpha value is -2.33. The molecule has 0 radical (unpaired) electrons. The molecule has 1 N–H and O–H groups in total. The lowest BCUT2D eigenvalue weighted by Crippen LogP contribution is -2.38. The van der Waals surface area contributed by atoms with Crippen LogP contribution in [0.3, 0.4) is 0 Å². The molecule has 1 amide bonds. The van der Waals surface area contributed by atoms with Gasteiger partial charge >= 0.3 is 0 Å². The number of likely N-dealkylation sites (tertiary alicyclic amines) is 1. The van der Waals surface area contributed by atoms with E-state index in [2.05, 4.69) is 30.1 Å². The molecule has 5 heteroatoms. The minimum absolute atomic E-state index is 0.0790. The first kappa shape index (κ1) is 16.2. The monoisotopic (exact) mass is 353 g/mol. The van der Waals surface area contributed by atoms with E-state index in [0.717, 1.165) is 42.8 Å². The number of hydrogen-bond donors (Lipinski definition) is 1. The van der Waals surface area contributed by atoms with Crippen LogP contribution < -0.4 is 0 Å². The second-order valence-electron chi connectivity index (χ2n) is 6.72. The van der Waals surface area contributed by atoms with Crippen molar-refractivity contribution in [2.75, 3.05) is 13.1 Å². The molecule has 0 aliphatic carbocycles. The summed E-state index contributed by atoms with van der Waals surface area (Å²) in [6.45, 7) is 3.59. The molecule has 2 aromatic carbocycles. The fourth-order valence-electron chi connectivity index (χ4n) is 3.47. The maximum atomic E-state index is 12.6. The zero-order valence-corrected chi connectivity index (χ0v) is 14.9. The first-order chi connectivity index (χ1) is 12.1. The van der Waals surface area contributed by atoms with Crippen molar-refractivity contribution in [3.05, 3.63) is 64.4 Å². The van der Waals surface area contributed by atoms with Gasteiger partial charge in [0.1, 0.15) is 5.82 Å². The highest BCUT2D eigenvalue weighted by Gasteiger charge is 2.26. The second kappa shape index (κ2) is 6.52. The average Bonchev–Trinajstić information content (AvgIpc) is 3.05.